The molecule has 0 atom stereocenters. The van der Waals surface area contributed by atoms with Crippen molar-refractivity contribution in [3.63, 3.8) is 0 Å². The highest BCUT2D eigenvalue weighted by atomic mass is 16.6. The molecular formula is C7H13NO3. The lowest BCUT2D eigenvalue weighted by Gasteiger charge is -2.22. The van der Waals surface area contributed by atoms with Gasteiger partial charge in [0.05, 0.1) is 0 Å². The van der Waals surface area contributed by atoms with Gasteiger partial charge in [-0.1, -0.05) is 0 Å². The number of carbonyl (C=O) groups excluding carboxylic acids is 2. The standard InChI is InChI=1S/C7H13NO3/c1-7(2,4-3-5-9)11-6(8)10/h5H,3-4H2,1-2H3,(H2,8,10). The van der Waals surface area contributed by atoms with E-state index in [4.69, 9.17) is 10.5 Å². The van der Waals surface area contributed by atoms with Gasteiger partial charge in [0, 0.05) is 6.42 Å². The number of aldehydes is 1. The number of primary amides is 1. The summed E-state index contributed by atoms with van der Waals surface area (Å²) in [5.74, 6) is 0. The molecular weight excluding hydrogens is 146 g/mol. The van der Waals surface area contributed by atoms with E-state index in [9.17, 15) is 9.59 Å². The van der Waals surface area contributed by atoms with Crippen molar-refractivity contribution >= 4 is 12.4 Å². The van der Waals surface area contributed by atoms with Crippen LogP contribution in [0.1, 0.15) is 26.7 Å². The smallest absolute Gasteiger partial charge is 0.405 e. The van der Waals surface area contributed by atoms with Crippen LogP contribution in [0.5, 0.6) is 0 Å². The highest BCUT2D eigenvalue weighted by molar-refractivity contribution is 5.65. The molecule has 0 fully saturated rings. The molecule has 4 nitrogen and oxygen atoms in total. The molecule has 0 radical (unpaired) electrons. The van der Waals surface area contributed by atoms with Crippen molar-refractivity contribution in [1.82, 2.24) is 0 Å². The van der Waals surface area contributed by atoms with E-state index in [2.05, 4.69) is 0 Å². The minimum absolute atomic E-state index is 0.375. The summed E-state index contributed by atoms with van der Waals surface area (Å²) >= 11 is 0. The molecule has 0 heterocycles. The van der Waals surface area contributed by atoms with E-state index in [-0.39, 0.29) is 0 Å². The first-order valence-corrected chi connectivity index (χ1v) is 3.40. The Kier molecular flexibility index (Phi) is 3.57. The molecule has 0 aliphatic carbocycles. The van der Waals surface area contributed by atoms with Crippen molar-refractivity contribution in [2.75, 3.05) is 0 Å². The topological polar surface area (TPSA) is 69.4 Å². The molecule has 0 aromatic heterocycles. The maximum Gasteiger partial charge on any atom is 0.405 e. The Morgan fingerprint density at radius 2 is 2.18 bits per heavy atom. The molecule has 0 spiro atoms. The molecule has 1 amide bonds. The number of rotatable bonds is 4. The molecule has 0 saturated carbocycles. The fourth-order valence-electron chi connectivity index (χ4n) is 0.730. The van der Waals surface area contributed by atoms with E-state index in [0.29, 0.717) is 12.8 Å². The number of nitrogens with two attached hydrogens (primary N) is 1. The summed E-state index contributed by atoms with van der Waals surface area (Å²) in [7, 11) is 0. The first-order valence-electron chi connectivity index (χ1n) is 3.40. The second-order valence-corrected chi connectivity index (χ2v) is 2.89. The van der Waals surface area contributed by atoms with Crippen molar-refractivity contribution in [3.05, 3.63) is 0 Å². The molecule has 4 heteroatoms. The van der Waals surface area contributed by atoms with Gasteiger partial charge in [-0.25, -0.2) is 4.79 Å². The Hall–Kier alpha value is -1.06. The van der Waals surface area contributed by atoms with Crippen molar-refractivity contribution < 1.29 is 14.3 Å². The van der Waals surface area contributed by atoms with Crippen LogP contribution in [-0.4, -0.2) is 18.0 Å². The minimum atomic E-state index is -0.805. The number of amides is 1. The van der Waals surface area contributed by atoms with Crippen LogP contribution in [0.25, 0.3) is 0 Å². The van der Waals surface area contributed by atoms with E-state index >= 15 is 0 Å². The van der Waals surface area contributed by atoms with Crippen LogP contribution in [0.3, 0.4) is 0 Å². The Balaban J connectivity index is 3.78. The Morgan fingerprint density at radius 3 is 2.55 bits per heavy atom. The Morgan fingerprint density at radius 1 is 1.64 bits per heavy atom. The van der Waals surface area contributed by atoms with Crippen LogP contribution in [0.15, 0.2) is 0 Å². The number of ether oxygens (including phenoxy) is 1. The minimum Gasteiger partial charge on any atom is -0.444 e. The van der Waals surface area contributed by atoms with Crippen LogP contribution >= 0.6 is 0 Å². The Labute approximate surface area is 65.7 Å². The highest BCUT2D eigenvalue weighted by Crippen LogP contribution is 2.15. The molecule has 0 bridgehead atoms. The fraction of sp³-hybridized carbons (Fsp3) is 0.714. The third kappa shape index (κ3) is 5.39. The summed E-state index contributed by atoms with van der Waals surface area (Å²) in [4.78, 5) is 20.3. The monoisotopic (exact) mass is 159 g/mol. The van der Waals surface area contributed by atoms with E-state index in [0.717, 1.165) is 6.29 Å². The number of carbonyl (C=O) groups is 2. The quantitative estimate of drug-likeness (QED) is 0.618. The predicted molar refractivity (Wildman–Crippen MR) is 40.0 cm³/mol. The second-order valence-electron chi connectivity index (χ2n) is 2.89. The Bertz CT molecular complexity index is 154. The zero-order valence-electron chi connectivity index (χ0n) is 6.79. The molecule has 11 heavy (non-hydrogen) atoms. The van der Waals surface area contributed by atoms with E-state index < -0.39 is 11.7 Å². The predicted octanol–water partition coefficient (Wildman–Crippen LogP) is 0.839. The van der Waals surface area contributed by atoms with Crippen molar-refractivity contribution in [2.45, 2.75) is 32.3 Å². The summed E-state index contributed by atoms with van der Waals surface area (Å²) in [6, 6.07) is 0. The number of hydrogen-bond donors (Lipinski definition) is 1. The first-order chi connectivity index (χ1) is 4.98. The van der Waals surface area contributed by atoms with Crippen LogP contribution in [0.4, 0.5) is 4.79 Å². The molecule has 64 valence electrons. The summed E-state index contributed by atoms with van der Waals surface area (Å²) in [5.41, 5.74) is 4.17. The van der Waals surface area contributed by atoms with Crippen molar-refractivity contribution in [1.29, 1.82) is 0 Å². The normalized spacial score (nSPS) is 10.7. The van der Waals surface area contributed by atoms with Gasteiger partial charge in [-0.3, -0.25) is 0 Å². The molecule has 0 aliphatic heterocycles. The third-order valence-corrected chi connectivity index (χ3v) is 1.24. The number of hydrogen-bond acceptors (Lipinski definition) is 3. The largest absolute Gasteiger partial charge is 0.444 e. The SMILES string of the molecule is CC(C)(CCC=O)OC(N)=O. The van der Waals surface area contributed by atoms with E-state index in [1.807, 2.05) is 0 Å². The van der Waals surface area contributed by atoms with Gasteiger partial charge in [-0.15, -0.1) is 0 Å². The molecule has 0 aliphatic rings. The molecule has 2 N–H and O–H groups in total. The van der Waals surface area contributed by atoms with Crippen molar-refractivity contribution in [2.24, 2.45) is 5.73 Å². The van der Waals surface area contributed by atoms with Crippen LogP contribution in [-0.2, 0) is 9.53 Å². The second kappa shape index (κ2) is 3.95. The van der Waals surface area contributed by atoms with Gasteiger partial charge in [0.1, 0.15) is 11.9 Å². The van der Waals surface area contributed by atoms with Gasteiger partial charge in [-0.2, -0.15) is 0 Å². The third-order valence-electron chi connectivity index (χ3n) is 1.24. The van der Waals surface area contributed by atoms with E-state index in [1.54, 1.807) is 13.8 Å². The molecule has 0 saturated heterocycles. The highest BCUT2D eigenvalue weighted by Gasteiger charge is 2.20. The average Bonchev–Trinajstić information content (AvgIpc) is 1.81. The zero-order chi connectivity index (χ0) is 8.91. The molecule has 0 unspecified atom stereocenters. The summed E-state index contributed by atoms with van der Waals surface area (Å²) < 4.78 is 4.72. The summed E-state index contributed by atoms with van der Waals surface area (Å²) in [6.07, 6.45) is 0.854. The van der Waals surface area contributed by atoms with Gasteiger partial charge in [0.15, 0.2) is 0 Å². The summed E-state index contributed by atoms with van der Waals surface area (Å²) in [5, 5.41) is 0. The lowest BCUT2D eigenvalue weighted by atomic mass is 10.0. The van der Waals surface area contributed by atoms with Crippen LogP contribution < -0.4 is 5.73 Å². The van der Waals surface area contributed by atoms with E-state index in [1.165, 1.54) is 0 Å². The molecule has 0 aromatic carbocycles. The first kappa shape index (κ1) is 9.94. The van der Waals surface area contributed by atoms with Gasteiger partial charge in [0.25, 0.3) is 0 Å². The zero-order valence-corrected chi connectivity index (χ0v) is 6.79. The van der Waals surface area contributed by atoms with Crippen LogP contribution in [0.2, 0.25) is 0 Å². The van der Waals surface area contributed by atoms with Gasteiger partial charge in [-0.05, 0) is 20.3 Å². The lowest BCUT2D eigenvalue weighted by molar-refractivity contribution is -0.108. The van der Waals surface area contributed by atoms with Gasteiger partial charge in [0.2, 0.25) is 0 Å². The maximum absolute atomic E-state index is 10.3. The van der Waals surface area contributed by atoms with Crippen LogP contribution in [0, 0.1) is 0 Å². The van der Waals surface area contributed by atoms with Crippen molar-refractivity contribution in [3.8, 4) is 0 Å². The fourth-order valence-corrected chi connectivity index (χ4v) is 0.730. The average molecular weight is 159 g/mol. The maximum atomic E-state index is 10.3. The molecule has 0 rings (SSSR count). The van der Waals surface area contributed by atoms with Gasteiger partial charge >= 0.3 is 6.09 Å². The summed E-state index contributed by atoms with van der Waals surface area (Å²) in [6.45, 7) is 3.42. The molecule has 0 aromatic rings. The lowest BCUT2D eigenvalue weighted by Crippen LogP contribution is -2.31. The van der Waals surface area contributed by atoms with Gasteiger partial charge < -0.3 is 15.3 Å².